The lowest BCUT2D eigenvalue weighted by atomic mass is 10.1. The van der Waals surface area contributed by atoms with E-state index in [4.69, 9.17) is 21.4 Å². The summed E-state index contributed by atoms with van der Waals surface area (Å²) in [7, 11) is 0. The van der Waals surface area contributed by atoms with Gasteiger partial charge in [0.2, 0.25) is 0 Å². The van der Waals surface area contributed by atoms with Gasteiger partial charge in [0, 0.05) is 22.9 Å². The third-order valence-electron chi connectivity index (χ3n) is 2.93. The van der Waals surface area contributed by atoms with Crippen molar-refractivity contribution in [3.63, 3.8) is 0 Å². The Labute approximate surface area is 120 Å². The van der Waals surface area contributed by atoms with Gasteiger partial charge in [-0.2, -0.15) is 0 Å². The van der Waals surface area contributed by atoms with Gasteiger partial charge in [0.25, 0.3) is 0 Å². The lowest BCUT2D eigenvalue weighted by Crippen LogP contribution is -2.02. The molecule has 4 heteroatoms. The van der Waals surface area contributed by atoms with Crippen molar-refractivity contribution >= 4 is 40.1 Å². The summed E-state index contributed by atoms with van der Waals surface area (Å²) in [5.41, 5.74) is 1.29. The highest BCUT2D eigenvalue weighted by atomic mass is 32.1. The zero-order valence-electron chi connectivity index (χ0n) is 10.5. The van der Waals surface area contributed by atoms with Gasteiger partial charge in [-0.3, -0.25) is 0 Å². The van der Waals surface area contributed by atoms with Crippen LogP contribution < -0.4 is 4.74 Å². The molecule has 3 nitrogen and oxygen atoms in total. The molecule has 0 N–H and O–H groups in total. The van der Waals surface area contributed by atoms with Crippen molar-refractivity contribution in [1.29, 1.82) is 0 Å². The molecule has 20 heavy (non-hydrogen) atoms. The largest absolute Gasteiger partial charge is 0.456 e. The van der Waals surface area contributed by atoms with Gasteiger partial charge < -0.3 is 9.15 Å². The molecule has 0 aliphatic heterocycles. The molecule has 3 rings (SSSR count). The van der Waals surface area contributed by atoms with Crippen LogP contribution in [0, 0.1) is 4.51 Å². The number of ether oxygens (including phenoxy) is 1. The molecule has 0 bridgehead atoms. The fourth-order valence-corrected chi connectivity index (χ4v) is 2.34. The number of para-hydroxylation sites is 1. The number of hydrogen-bond acceptors (Lipinski definition) is 4. The van der Waals surface area contributed by atoms with Crippen LogP contribution >= 0.6 is 12.2 Å². The van der Waals surface area contributed by atoms with Crippen LogP contribution in [0.1, 0.15) is 0 Å². The Hall–Kier alpha value is -2.46. The van der Waals surface area contributed by atoms with Crippen LogP contribution in [0.4, 0.5) is 0 Å². The molecule has 0 radical (unpaired) electrons. The average Bonchev–Trinajstić information content (AvgIpc) is 2.47. The van der Waals surface area contributed by atoms with Crippen molar-refractivity contribution in [3.05, 3.63) is 59.6 Å². The van der Waals surface area contributed by atoms with Gasteiger partial charge >= 0.3 is 5.97 Å². The summed E-state index contributed by atoms with van der Waals surface area (Å²) in [6, 6.07) is 12.7. The zero-order chi connectivity index (χ0) is 14.1. The smallest absolute Gasteiger partial charge is 0.335 e. The van der Waals surface area contributed by atoms with Gasteiger partial charge in [0.05, 0.1) is 4.51 Å². The number of hydrogen-bond donors (Lipinski definition) is 0. The molecule has 0 spiro atoms. The molecule has 0 amide bonds. The number of rotatable bonds is 2. The normalized spacial score (nSPS) is 10.6. The van der Waals surface area contributed by atoms with E-state index in [9.17, 15) is 4.79 Å². The Kier molecular flexibility index (Phi) is 3.08. The summed E-state index contributed by atoms with van der Waals surface area (Å²) in [6.07, 6.45) is 1.11. The first-order valence-electron chi connectivity index (χ1n) is 5.99. The van der Waals surface area contributed by atoms with E-state index >= 15 is 0 Å². The van der Waals surface area contributed by atoms with E-state index in [-0.39, 0.29) is 0 Å². The second kappa shape index (κ2) is 4.90. The average molecular weight is 282 g/mol. The van der Waals surface area contributed by atoms with E-state index in [0.29, 0.717) is 16.9 Å². The van der Waals surface area contributed by atoms with E-state index in [0.717, 1.165) is 21.4 Å². The summed E-state index contributed by atoms with van der Waals surface area (Å²) in [6.45, 7) is 3.36. The van der Waals surface area contributed by atoms with E-state index < -0.39 is 5.97 Å². The maximum Gasteiger partial charge on any atom is 0.335 e. The molecule has 2 aromatic carbocycles. The Bertz CT molecular complexity index is 893. The van der Waals surface area contributed by atoms with Crippen molar-refractivity contribution < 1.29 is 13.9 Å². The lowest BCUT2D eigenvalue weighted by Gasteiger charge is -2.05. The van der Waals surface area contributed by atoms with Crippen LogP contribution in [0.15, 0.2) is 59.5 Å². The molecule has 0 aliphatic rings. The number of esters is 1. The molecule has 0 aliphatic carbocycles. The van der Waals surface area contributed by atoms with E-state index in [1.165, 1.54) is 0 Å². The van der Waals surface area contributed by atoms with Gasteiger partial charge in [0.1, 0.15) is 16.9 Å². The van der Waals surface area contributed by atoms with E-state index in [1.807, 2.05) is 24.3 Å². The van der Waals surface area contributed by atoms with Crippen molar-refractivity contribution in [2.24, 2.45) is 0 Å². The second-order valence-electron chi connectivity index (χ2n) is 4.21. The first-order chi connectivity index (χ1) is 9.69. The van der Waals surface area contributed by atoms with Gasteiger partial charge in [-0.1, -0.05) is 30.9 Å². The molecule has 3 aromatic rings. The van der Waals surface area contributed by atoms with E-state index in [2.05, 4.69) is 6.58 Å². The minimum absolute atomic E-state index is 0.399. The zero-order valence-corrected chi connectivity index (χ0v) is 11.3. The third-order valence-corrected chi connectivity index (χ3v) is 3.37. The molecule has 0 saturated heterocycles. The van der Waals surface area contributed by atoms with Crippen molar-refractivity contribution in [2.75, 3.05) is 0 Å². The molecule has 0 fully saturated rings. The predicted octanol–water partition coefficient (Wildman–Crippen LogP) is 4.41. The standard InChI is InChI=1S/C16H10O3S/c1-2-15(17)18-10-7-8-12-14(9-10)19-13-6-4-3-5-11(13)16(12)20/h2-9H,1H2. The minimum Gasteiger partial charge on any atom is -0.456 e. The van der Waals surface area contributed by atoms with Gasteiger partial charge in [-0.25, -0.2) is 4.79 Å². The summed E-state index contributed by atoms with van der Waals surface area (Å²) in [5, 5.41) is 1.71. The van der Waals surface area contributed by atoms with Crippen LogP contribution in [0.2, 0.25) is 0 Å². The number of carbonyl (C=O) groups excluding carboxylic acids is 1. The fraction of sp³-hybridized carbons (Fsp3) is 0. The first-order valence-corrected chi connectivity index (χ1v) is 6.40. The highest BCUT2D eigenvalue weighted by Gasteiger charge is 2.07. The van der Waals surface area contributed by atoms with Crippen LogP contribution in [0.5, 0.6) is 5.75 Å². The number of fused-ring (bicyclic) bond motifs is 2. The number of benzene rings is 2. The molecule has 0 saturated carbocycles. The monoisotopic (exact) mass is 282 g/mol. The molecule has 98 valence electrons. The maximum absolute atomic E-state index is 11.2. The minimum atomic E-state index is -0.510. The van der Waals surface area contributed by atoms with E-state index in [1.54, 1.807) is 18.2 Å². The Morgan fingerprint density at radius 1 is 1.15 bits per heavy atom. The molecule has 1 aromatic heterocycles. The summed E-state index contributed by atoms with van der Waals surface area (Å²) >= 11 is 5.47. The number of carbonyl (C=O) groups is 1. The highest BCUT2D eigenvalue weighted by molar-refractivity contribution is 7.72. The van der Waals surface area contributed by atoms with Crippen LogP contribution in [0.3, 0.4) is 0 Å². The van der Waals surface area contributed by atoms with Crippen molar-refractivity contribution in [3.8, 4) is 5.75 Å². The van der Waals surface area contributed by atoms with Crippen molar-refractivity contribution in [2.45, 2.75) is 0 Å². The van der Waals surface area contributed by atoms with Gasteiger partial charge in [-0.15, -0.1) is 0 Å². The Morgan fingerprint density at radius 3 is 2.70 bits per heavy atom. The molecule has 0 atom stereocenters. The fourth-order valence-electron chi connectivity index (χ4n) is 2.00. The second-order valence-corrected chi connectivity index (χ2v) is 4.62. The van der Waals surface area contributed by atoms with Crippen LogP contribution in [-0.2, 0) is 4.79 Å². The quantitative estimate of drug-likeness (QED) is 0.229. The van der Waals surface area contributed by atoms with Crippen LogP contribution in [0.25, 0.3) is 21.9 Å². The molecule has 1 heterocycles. The molecule has 0 unspecified atom stereocenters. The van der Waals surface area contributed by atoms with Crippen LogP contribution in [-0.4, -0.2) is 5.97 Å². The summed E-state index contributed by atoms with van der Waals surface area (Å²) in [5.74, 6) is -0.112. The third kappa shape index (κ3) is 2.10. The SMILES string of the molecule is C=CC(=O)Oc1ccc2c(=S)c3ccccc3oc2c1. The molecular weight excluding hydrogens is 272 g/mol. The summed E-state index contributed by atoms with van der Waals surface area (Å²) in [4.78, 5) is 11.2. The molecular formula is C16H10O3S. The Balaban J connectivity index is 2.24. The topological polar surface area (TPSA) is 39.4 Å². The lowest BCUT2D eigenvalue weighted by molar-refractivity contribution is -0.128. The predicted molar refractivity (Wildman–Crippen MR) is 80.4 cm³/mol. The van der Waals surface area contributed by atoms with Gasteiger partial charge in [-0.05, 0) is 24.3 Å². The Morgan fingerprint density at radius 2 is 1.90 bits per heavy atom. The first kappa shape index (κ1) is 12.6. The summed E-state index contributed by atoms with van der Waals surface area (Å²) < 4.78 is 11.6. The van der Waals surface area contributed by atoms with Crippen molar-refractivity contribution in [1.82, 2.24) is 0 Å². The highest BCUT2D eigenvalue weighted by Crippen LogP contribution is 2.28. The van der Waals surface area contributed by atoms with Gasteiger partial charge in [0.15, 0.2) is 0 Å². The maximum atomic E-state index is 11.2.